The van der Waals surface area contributed by atoms with Gasteiger partial charge in [-0.2, -0.15) is 4.99 Å². The molecule has 0 aliphatic carbocycles. The highest BCUT2D eigenvalue weighted by Crippen LogP contribution is 2.25. The van der Waals surface area contributed by atoms with E-state index in [1.165, 1.54) is 76.2 Å². The van der Waals surface area contributed by atoms with Crippen LogP contribution < -0.4 is 0 Å². The van der Waals surface area contributed by atoms with E-state index in [9.17, 15) is 0 Å². The zero-order valence-electron chi connectivity index (χ0n) is 16.9. The summed E-state index contributed by atoms with van der Waals surface area (Å²) in [5.41, 5.74) is 3.36. The number of aliphatic imine (C=N–C) groups is 1. The molecule has 1 heterocycles. The summed E-state index contributed by atoms with van der Waals surface area (Å²) in [5, 5.41) is 0. The monoisotopic (exact) mass is 359 g/mol. The molecule has 1 aliphatic heterocycles. The summed E-state index contributed by atoms with van der Waals surface area (Å²) in [5.74, 6) is 0. The number of rotatable bonds is 13. The van der Waals surface area contributed by atoms with Crippen LogP contribution in [0.15, 0.2) is 23.2 Å². The topological polar surface area (TPSA) is 30.8 Å². The molecule has 0 N–H and O–H groups in total. The second kappa shape index (κ2) is 12.8. The van der Waals surface area contributed by atoms with Crippen LogP contribution in [0.2, 0.25) is 0 Å². The van der Waals surface area contributed by atoms with Crippen molar-refractivity contribution in [2.75, 3.05) is 6.61 Å². The zero-order valence-corrected chi connectivity index (χ0v) is 16.9. The maximum Gasteiger partial charge on any atom is 0.389 e. The van der Waals surface area contributed by atoms with Crippen molar-refractivity contribution in [2.24, 2.45) is 4.99 Å². The predicted molar refractivity (Wildman–Crippen MR) is 110 cm³/mol. The van der Waals surface area contributed by atoms with Crippen LogP contribution in [0.5, 0.6) is 0 Å². The molecule has 146 valence electrons. The van der Waals surface area contributed by atoms with Crippen molar-refractivity contribution in [3.63, 3.8) is 0 Å². The Bertz CT molecular complexity index is 539. The van der Waals surface area contributed by atoms with E-state index in [2.05, 4.69) is 31.0 Å². The average molecular weight is 360 g/mol. The summed E-state index contributed by atoms with van der Waals surface area (Å²) in [6, 6.07) is 6.25. The van der Waals surface area contributed by atoms with Gasteiger partial charge in [-0.15, -0.1) is 0 Å². The fraction of sp³-hybridized carbons (Fsp3) is 0.696. The normalized spacial score (nSPS) is 13.1. The predicted octanol–water partition coefficient (Wildman–Crippen LogP) is 7.23. The molecule has 0 atom stereocenters. The van der Waals surface area contributed by atoms with Gasteiger partial charge in [0.15, 0.2) is 0 Å². The van der Waals surface area contributed by atoms with Crippen molar-refractivity contribution < 1.29 is 9.47 Å². The Hall–Kier alpha value is -1.51. The molecule has 3 nitrogen and oxygen atoms in total. The summed E-state index contributed by atoms with van der Waals surface area (Å²) < 4.78 is 11.3. The van der Waals surface area contributed by atoms with Gasteiger partial charge in [0.2, 0.25) is 0 Å². The number of unbranched alkanes of at least 4 members (excludes halogenated alkanes) is 11. The molecule has 0 saturated heterocycles. The van der Waals surface area contributed by atoms with Crippen LogP contribution in [-0.4, -0.2) is 12.7 Å². The minimum atomic E-state index is 0.435. The van der Waals surface area contributed by atoms with Crippen molar-refractivity contribution in [1.82, 2.24) is 0 Å². The molecule has 3 heteroatoms. The van der Waals surface area contributed by atoms with Gasteiger partial charge in [-0.1, -0.05) is 95.2 Å². The maximum atomic E-state index is 5.69. The number of ether oxygens (including phenoxy) is 2. The number of fused-ring (bicyclic) bond motifs is 1. The highest BCUT2D eigenvalue weighted by atomic mass is 16.7. The van der Waals surface area contributed by atoms with Crippen molar-refractivity contribution in [3.8, 4) is 0 Å². The molecular weight excluding hydrogens is 322 g/mol. The first kappa shape index (κ1) is 20.8. The molecule has 0 bridgehead atoms. The molecule has 1 aromatic carbocycles. The van der Waals surface area contributed by atoms with Crippen molar-refractivity contribution >= 4 is 11.8 Å². The lowest BCUT2D eigenvalue weighted by Gasteiger charge is -2.17. The number of aryl methyl sites for hydroxylation is 1. The van der Waals surface area contributed by atoms with Gasteiger partial charge in [0.25, 0.3) is 0 Å². The van der Waals surface area contributed by atoms with Gasteiger partial charge in [0.05, 0.1) is 12.3 Å². The van der Waals surface area contributed by atoms with Crippen molar-refractivity contribution in [2.45, 2.75) is 97.5 Å². The highest BCUT2D eigenvalue weighted by Gasteiger charge is 2.13. The zero-order chi connectivity index (χ0) is 18.5. The van der Waals surface area contributed by atoms with E-state index in [1.54, 1.807) is 0 Å². The van der Waals surface area contributed by atoms with E-state index >= 15 is 0 Å². The first-order valence-corrected chi connectivity index (χ1v) is 10.7. The van der Waals surface area contributed by atoms with Gasteiger partial charge in [-0.05, 0) is 19.4 Å². The third-order valence-corrected chi connectivity index (χ3v) is 5.02. The van der Waals surface area contributed by atoms with Crippen molar-refractivity contribution in [1.29, 1.82) is 0 Å². The number of benzene rings is 1. The first-order chi connectivity index (χ1) is 12.8. The third-order valence-electron chi connectivity index (χ3n) is 5.02. The number of nitrogens with zero attached hydrogens (tertiary/aromatic N) is 1. The van der Waals surface area contributed by atoms with Gasteiger partial charge in [-0.25, -0.2) is 0 Å². The van der Waals surface area contributed by atoms with Crippen LogP contribution in [-0.2, 0) is 16.1 Å². The molecule has 0 amide bonds. The van der Waals surface area contributed by atoms with Gasteiger partial charge in [0, 0.05) is 5.56 Å². The molecule has 0 fully saturated rings. The summed E-state index contributed by atoms with van der Waals surface area (Å²) in [4.78, 5) is 4.45. The Labute approximate surface area is 160 Å². The number of hydrogen-bond acceptors (Lipinski definition) is 3. The Balaban J connectivity index is 1.43. The van der Waals surface area contributed by atoms with E-state index in [4.69, 9.17) is 9.47 Å². The minimum Gasteiger partial charge on any atom is -0.450 e. The molecule has 1 aromatic rings. The Kier molecular flexibility index (Phi) is 10.2. The smallest absolute Gasteiger partial charge is 0.389 e. The highest BCUT2D eigenvalue weighted by molar-refractivity contribution is 5.74. The summed E-state index contributed by atoms with van der Waals surface area (Å²) in [6.07, 6.45) is 16.7. The standard InChI is InChI=1S/C23H37NO2/c1-3-4-5-6-7-8-9-10-11-12-13-14-17-25-23-24-22-16-15-20(2)18-21(22)19-26-23/h15-16,18H,3-14,17,19H2,1-2H3. The lowest BCUT2D eigenvalue weighted by molar-refractivity contribution is 0.151. The first-order valence-electron chi connectivity index (χ1n) is 10.7. The fourth-order valence-electron chi connectivity index (χ4n) is 3.39. The van der Waals surface area contributed by atoms with Gasteiger partial charge < -0.3 is 9.47 Å². The lowest BCUT2D eigenvalue weighted by Crippen LogP contribution is -2.14. The van der Waals surface area contributed by atoms with Crippen LogP contribution in [0.3, 0.4) is 0 Å². The number of hydrogen-bond donors (Lipinski definition) is 0. The Morgan fingerprint density at radius 2 is 1.50 bits per heavy atom. The van der Waals surface area contributed by atoms with Crippen LogP contribution >= 0.6 is 0 Å². The molecule has 0 unspecified atom stereocenters. The lowest BCUT2D eigenvalue weighted by atomic mass is 10.1. The Morgan fingerprint density at radius 3 is 2.15 bits per heavy atom. The van der Waals surface area contributed by atoms with Crippen molar-refractivity contribution in [3.05, 3.63) is 29.3 Å². The van der Waals surface area contributed by atoms with Crippen LogP contribution in [0.25, 0.3) is 0 Å². The maximum absolute atomic E-state index is 5.69. The van der Waals surface area contributed by atoms with Crippen LogP contribution in [0.1, 0.15) is 95.1 Å². The van der Waals surface area contributed by atoms with Gasteiger partial charge in [-0.3, -0.25) is 0 Å². The molecule has 26 heavy (non-hydrogen) atoms. The van der Waals surface area contributed by atoms with E-state index in [-0.39, 0.29) is 0 Å². The minimum absolute atomic E-state index is 0.435. The second-order valence-corrected chi connectivity index (χ2v) is 7.54. The SMILES string of the molecule is CCCCCCCCCCCCCCOC1=Nc2ccc(C)cc2CO1. The van der Waals surface area contributed by atoms with E-state index < -0.39 is 0 Å². The van der Waals surface area contributed by atoms with E-state index in [0.29, 0.717) is 19.3 Å². The van der Waals surface area contributed by atoms with Crippen LogP contribution in [0.4, 0.5) is 5.69 Å². The second-order valence-electron chi connectivity index (χ2n) is 7.54. The fourth-order valence-corrected chi connectivity index (χ4v) is 3.39. The van der Waals surface area contributed by atoms with E-state index in [0.717, 1.165) is 17.7 Å². The third kappa shape index (κ3) is 8.25. The molecule has 0 radical (unpaired) electrons. The molecule has 0 saturated carbocycles. The van der Waals surface area contributed by atoms with Gasteiger partial charge in [0.1, 0.15) is 6.61 Å². The Morgan fingerprint density at radius 1 is 0.885 bits per heavy atom. The average Bonchev–Trinajstić information content (AvgIpc) is 2.65. The molecule has 2 rings (SSSR count). The molecule has 0 spiro atoms. The summed E-state index contributed by atoms with van der Waals surface area (Å²) in [7, 11) is 0. The van der Waals surface area contributed by atoms with Gasteiger partial charge >= 0.3 is 6.08 Å². The molecule has 0 aromatic heterocycles. The molecule has 1 aliphatic rings. The summed E-state index contributed by atoms with van der Waals surface area (Å²) in [6.45, 7) is 5.63. The largest absolute Gasteiger partial charge is 0.450 e. The van der Waals surface area contributed by atoms with E-state index in [1.807, 2.05) is 6.07 Å². The summed E-state index contributed by atoms with van der Waals surface area (Å²) >= 11 is 0. The molecular formula is C23H37NO2. The van der Waals surface area contributed by atoms with Crippen LogP contribution in [0, 0.1) is 6.92 Å². The quantitative estimate of drug-likeness (QED) is 0.348.